The van der Waals surface area contributed by atoms with Crippen molar-refractivity contribution in [1.82, 2.24) is 10.1 Å². The van der Waals surface area contributed by atoms with Crippen molar-refractivity contribution in [2.75, 3.05) is 6.54 Å². The van der Waals surface area contributed by atoms with Crippen LogP contribution in [0.4, 0.5) is 13.2 Å². The summed E-state index contributed by atoms with van der Waals surface area (Å²) in [7, 11) is 0. The van der Waals surface area contributed by atoms with Gasteiger partial charge in [-0.25, -0.2) is 0 Å². The molecule has 1 aromatic carbocycles. The lowest BCUT2D eigenvalue weighted by Crippen LogP contribution is -2.09. The molecule has 102 valence electrons. The second kappa shape index (κ2) is 5.00. The average Bonchev–Trinajstić information content (AvgIpc) is 2.86. The second-order valence-electron chi connectivity index (χ2n) is 4.17. The molecule has 0 bridgehead atoms. The summed E-state index contributed by atoms with van der Waals surface area (Å²) in [6, 6.07) is 4.78. The number of hydrogen-bond donors (Lipinski definition) is 1. The molecule has 0 amide bonds. The van der Waals surface area contributed by atoms with Gasteiger partial charge in [0.15, 0.2) is 0 Å². The molecule has 7 heteroatoms. The molecular weight excluding hydrogens is 259 g/mol. The van der Waals surface area contributed by atoms with Crippen LogP contribution in [-0.2, 0) is 6.18 Å². The lowest BCUT2D eigenvalue weighted by molar-refractivity contribution is -0.137. The third-order valence-electron chi connectivity index (χ3n) is 2.66. The van der Waals surface area contributed by atoms with Gasteiger partial charge in [0.25, 0.3) is 0 Å². The minimum Gasteiger partial charge on any atom is -0.339 e. The normalized spacial score (nSPS) is 13.5. The molecule has 2 rings (SSSR count). The second-order valence-corrected chi connectivity index (χ2v) is 4.17. The Morgan fingerprint density at radius 3 is 2.74 bits per heavy atom. The Morgan fingerprint density at radius 1 is 1.37 bits per heavy atom. The zero-order valence-electron chi connectivity index (χ0n) is 10.1. The summed E-state index contributed by atoms with van der Waals surface area (Å²) in [6.45, 7) is 2.12. The van der Waals surface area contributed by atoms with Crippen LogP contribution in [0.25, 0.3) is 11.4 Å². The van der Waals surface area contributed by atoms with Crippen molar-refractivity contribution in [2.24, 2.45) is 5.73 Å². The Balaban J connectivity index is 2.34. The first-order chi connectivity index (χ1) is 8.91. The average molecular weight is 271 g/mol. The fourth-order valence-corrected chi connectivity index (χ4v) is 1.49. The van der Waals surface area contributed by atoms with E-state index in [9.17, 15) is 13.2 Å². The maximum atomic E-state index is 12.6. The smallest absolute Gasteiger partial charge is 0.339 e. The molecule has 0 aliphatic carbocycles. The number of hydrogen-bond acceptors (Lipinski definition) is 4. The van der Waals surface area contributed by atoms with Crippen molar-refractivity contribution in [1.29, 1.82) is 0 Å². The Labute approximate surface area is 107 Å². The summed E-state index contributed by atoms with van der Waals surface area (Å²) in [5.74, 6) is 0.309. The maximum absolute atomic E-state index is 12.6. The van der Waals surface area contributed by atoms with Gasteiger partial charge in [-0.2, -0.15) is 18.2 Å². The summed E-state index contributed by atoms with van der Waals surface area (Å²) in [4.78, 5) is 4.05. The van der Waals surface area contributed by atoms with E-state index in [0.717, 1.165) is 12.1 Å². The summed E-state index contributed by atoms with van der Waals surface area (Å²) >= 11 is 0. The molecule has 1 heterocycles. The predicted molar refractivity (Wildman–Crippen MR) is 62.2 cm³/mol. The minimum atomic E-state index is -4.40. The summed E-state index contributed by atoms with van der Waals surface area (Å²) < 4.78 is 42.7. The van der Waals surface area contributed by atoms with Crippen LogP contribution in [0.1, 0.15) is 24.3 Å². The number of benzene rings is 1. The summed E-state index contributed by atoms with van der Waals surface area (Å²) in [5.41, 5.74) is 4.97. The highest BCUT2D eigenvalue weighted by Gasteiger charge is 2.30. The molecule has 0 saturated heterocycles. The van der Waals surface area contributed by atoms with Gasteiger partial charge in [0, 0.05) is 18.0 Å². The van der Waals surface area contributed by atoms with Gasteiger partial charge >= 0.3 is 6.18 Å². The van der Waals surface area contributed by atoms with E-state index in [4.69, 9.17) is 10.3 Å². The number of halogens is 3. The number of nitrogens with two attached hydrogens (primary N) is 1. The number of nitrogens with zero attached hydrogens (tertiary/aromatic N) is 2. The van der Waals surface area contributed by atoms with Crippen LogP contribution in [0.15, 0.2) is 28.8 Å². The molecule has 1 unspecified atom stereocenters. The number of aromatic nitrogens is 2. The molecule has 1 aromatic heterocycles. The highest BCUT2D eigenvalue weighted by atomic mass is 19.4. The van der Waals surface area contributed by atoms with Crippen molar-refractivity contribution in [3.63, 3.8) is 0 Å². The van der Waals surface area contributed by atoms with Crippen LogP contribution in [0.5, 0.6) is 0 Å². The monoisotopic (exact) mass is 271 g/mol. The molecule has 19 heavy (non-hydrogen) atoms. The minimum absolute atomic E-state index is 0.126. The zero-order chi connectivity index (χ0) is 14.0. The molecule has 0 radical (unpaired) electrons. The topological polar surface area (TPSA) is 64.9 Å². The first kappa shape index (κ1) is 13.5. The zero-order valence-corrected chi connectivity index (χ0v) is 10.1. The van der Waals surface area contributed by atoms with Gasteiger partial charge in [-0.1, -0.05) is 24.2 Å². The first-order valence-corrected chi connectivity index (χ1v) is 5.63. The molecule has 0 spiro atoms. The van der Waals surface area contributed by atoms with Crippen molar-refractivity contribution in [3.8, 4) is 11.4 Å². The van der Waals surface area contributed by atoms with E-state index in [2.05, 4.69) is 10.1 Å². The predicted octanol–water partition coefficient (Wildman–Crippen LogP) is 2.82. The molecule has 1 atom stereocenters. The van der Waals surface area contributed by atoms with E-state index < -0.39 is 11.7 Å². The number of rotatable bonds is 3. The van der Waals surface area contributed by atoms with E-state index in [0.29, 0.717) is 12.4 Å². The van der Waals surface area contributed by atoms with E-state index in [1.807, 2.05) is 0 Å². The van der Waals surface area contributed by atoms with E-state index in [-0.39, 0.29) is 17.3 Å². The van der Waals surface area contributed by atoms with Gasteiger partial charge in [0.05, 0.1) is 5.56 Å². The van der Waals surface area contributed by atoms with Crippen molar-refractivity contribution in [3.05, 3.63) is 35.7 Å². The Hall–Kier alpha value is -1.89. The van der Waals surface area contributed by atoms with E-state index in [1.54, 1.807) is 6.92 Å². The SMILES string of the molecule is CC(CN)c1nc(-c2cccc(C(F)(F)F)c2)no1. The van der Waals surface area contributed by atoms with Gasteiger partial charge in [0.1, 0.15) is 0 Å². The van der Waals surface area contributed by atoms with Crippen LogP contribution >= 0.6 is 0 Å². The van der Waals surface area contributed by atoms with Crippen LogP contribution in [0.3, 0.4) is 0 Å². The van der Waals surface area contributed by atoms with E-state index in [1.165, 1.54) is 12.1 Å². The fraction of sp³-hybridized carbons (Fsp3) is 0.333. The van der Waals surface area contributed by atoms with Crippen LogP contribution < -0.4 is 5.73 Å². The van der Waals surface area contributed by atoms with Gasteiger partial charge in [-0.15, -0.1) is 0 Å². The molecule has 2 aromatic rings. The molecule has 0 aliphatic heterocycles. The lowest BCUT2D eigenvalue weighted by atomic mass is 10.1. The lowest BCUT2D eigenvalue weighted by Gasteiger charge is -2.06. The maximum Gasteiger partial charge on any atom is 0.416 e. The summed E-state index contributed by atoms with van der Waals surface area (Å²) in [5, 5.41) is 3.67. The quantitative estimate of drug-likeness (QED) is 0.932. The van der Waals surface area contributed by atoms with Gasteiger partial charge in [-0.3, -0.25) is 0 Å². The molecule has 0 saturated carbocycles. The largest absolute Gasteiger partial charge is 0.416 e. The van der Waals surface area contributed by atoms with Crippen LogP contribution in [0, 0.1) is 0 Å². The standard InChI is InChI=1S/C12H12F3N3O/c1-7(6-16)11-17-10(18-19-11)8-3-2-4-9(5-8)12(13,14)15/h2-5,7H,6,16H2,1H3. The summed E-state index contributed by atoms with van der Waals surface area (Å²) in [6.07, 6.45) is -4.40. The van der Waals surface area contributed by atoms with Crippen molar-refractivity contribution in [2.45, 2.75) is 19.0 Å². The third-order valence-corrected chi connectivity index (χ3v) is 2.66. The first-order valence-electron chi connectivity index (χ1n) is 5.63. The highest BCUT2D eigenvalue weighted by Crippen LogP contribution is 2.31. The highest BCUT2D eigenvalue weighted by molar-refractivity contribution is 5.55. The van der Waals surface area contributed by atoms with E-state index >= 15 is 0 Å². The molecule has 2 N–H and O–H groups in total. The fourth-order valence-electron chi connectivity index (χ4n) is 1.49. The third kappa shape index (κ3) is 2.93. The molecule has 0 fully saturated rings. The molecule has 0 aliphatic rings. The van der Waals surface area contributed by atoms with Crippen LogP contribution in [-0.4, -0.2) is 16.7 Å². The van der Waals surface area contributed by atoms with Gasteiger partial charge in [0.2, 0.25) is 11.7 Å². The Morgan fingerprint density at radius 2 is 2.11 bits per heavy atom. The van der Waals surface area contributed by atoms with Gasteiger partial charge < -0.3 is 10.3 Å². The van der Waals surface area contributed by atoms with Crippen molar-refractivity contribution >= 4 is 0 Å². The molecule has 4 nitrogen and oxygen atoms in total. The van der Waals surface area contributed by atoms with Crippen molar-refractivity contribution < 1.29 is 17.7 Å². The molecular formula is C12H12F3N3O. The number of alkyl halides is 3. The Kier molecular flexibility index (Phi) is 3.57. The Bertz CT molecular complexity index is 565. The van der Waals surface area contributed by atoms with Crippen LogP contribution in [0.2, 0.25) is 0 Å². The van der Waals surface area contributed by atoms with Gasteiger partial charge in [-0.05, 0) is 12.1 Å².